The van der Waals surface area contributed by atoms with Crippen LogP contribution in [-0.2, 0) is 9.53 Å². The van der Waals surface area contributed by atoms with Crippen molar-refractivity contribution < 1.29 is 14.6 Å². The molecule has 0 saturated heterocycles. The first-order valence-corrected chi connectivity index (χ1v) is 7.39. The third-order valence-corrected chi connectivity index (χ3v) is 4.23. The monoisotopic (exact) mass is 320 g/mol. The van der Waals surface area contributed by atoms with Crippen molar-refractivity contribution in [2.24, 2.45) is 10.5 Å². The van der Waals surface area contributed by atoms with E-state index >= 15 is 0 Å². The normalized spacial score (nSPS) is 21.5. The van der Waals surface area contributed by atoms with Gasteiger partial charge in [-0.05, 0) is 0 Å². The van der Waals surface area contributed by atoms with Crippen LogP contribution in [0.15, 0.2) is 35.4 Å². The van der Waals surface area contributed by atoms with Crippen LogP contribution in [0.1, 0.15) is 32.8 Å². The lowest BCUT2D eigenvalue weighted by atomic mass is 9.80. The van der Waals surface area contributed by atoms with Crippen LogP contribution in [0.2, 0.25) is 0 Å². The molecular weight excluding hydrogens is 300 g/mol. The molecule has 1 atom stereocenters. The van der Waals surface area contributed by atoms with Crippen molar-refractivity contribution >= 4 is 28.9 Å². The number of ether oxygens (including phenoxy) is 1. The maximum atomic E-state index is 11.8. The number of rotatable bonds is 2. The molecule has 0 fully saturated rings. The minimum atomic E-state index is -1.39. The SMILES string of the molecule is COC(=O)C1=NN(C(=S)c2ccccc2)[C@](O)(C(C)(C)C)C1. The van der Waals surface area contributed by atoms with Gasteiger partial charge in [-0.2, -0.15) is 5.10 Å². The van der Waals surface area contributed by atoms with E-state index < -0.39 is 17.1 Å². The lowest BCUT2D eigenvalue weighted by molar-refractivity contribution is -0.136. The molecule has 1 aliphatic heterocycles. The number of carbonyl (C=O) groups excluding carboxylic acids is 1. The molecule has 0 amide bonds. The molecule has 6 heteroatoms. The van der Waals surface area contributed by atoms with Crippen LogP contribution in [0.3, 0.4) is 0 Å². The van der Waals surface area contributed by atoms with Crippen molar-refractivity contribution in [1.29, 1.82) is 0 Å². The van der Waals surface area contributed by atoms with Crippen LogP contribution in [0.4, 0.5) is 0 Å². The fourth-order valence-corrected chi connectivity index (χ4v) is 2.61. The molecule has 22 heavy (non-hydrogen) atoms. The molecule has 1 aromatic rings. The predicted octanol–water partition coefficient (Wildman–Crippen LogP) is 2.33. The van der Waals surface area contributed by atoms with Gasteiger partial charge in [0.1, 0.15) is 4.99 Å². The highest BCUT2D eigenvalue weighted by atomic mass is 32.1. The maximum absolute atomic E-state index is 11.8. The highest BCUT2D eigenvalue weighted by Crippen LogP contribution is 2.41. The third kappa shape index (κ3) is 2.76. The van der Waals surface area contributed by atoms with Gasteiger partial charge in [-0.3, -0.25) is 0 Å². The van der Waals surface area contributed by atoms with Gasteiger partial charge >= 0.3 is 5.97 Å². The molecule has 5 nitrogen and oxygen atoms in total. The summed E-state index contributed by atoms with van der Waals surface area (Å²) in [6, 6.07) is 9.29. The molecule has 0 spiro atoms. The topological polar surface area (TPSA) is 62.1 Å². The second kappa shape index (κ2) is 5.78. The Hall–Kier alpha value is -1.79. The van der Waals surface area contributed by atoms with Gasteiger partial charge < -0.3 is 9.84 Å². The average Bonchev–Trinajstić information content (AvgIpc) is 2.85. The molecule has 1 aliphatic rings. The zero-order chi connectivity index (χ0) is 16.5. The average molecular weight is 320 g/mol. The van der Waals surface area contributed by atoms with Crippen molar-refractivity contribution in [3.63, 3.8) is 0 Å². The smallest absolute Gasteiger partial charge is 0.354 e. The summed E-state index contributed by atoms with van der Waals surface area (Å²) in [6.45, 7) is 5.63. The van der Waals surface area contributed by atoms with E-state index in [9.17, 15) is 9.90 Å². The molecule has 2 rings (SSSR count). The van der Waals surface area contributed by atoms with Gasteiger partial charge in [0, 0.05) is 17.4 Å². The first kappa shape index (κ1) is 16.6. The Kier molecular flexibility index (Phi) is 4.35. The number of methoxy groups -OCH3 is 1. The summed E-state index contributed by atoms with van der Waals surface area (Å²) >= 11 is 5.48. The lowest BCUT2D eigenvalue weighted by Gasteiger charge is -2.42. The standard InChI is InChI=1S/C16H20N2O3S/c1-15(2,3)16(20)10-12(14(19)21-4)17-18(16)13(22)11-8-6-5-7-9-11/h5-9,20H,10H2,1-4H3/t16-/m1/s1. The zero-order valence-corrected chi connectivity index (χ0v) is 14.0. The molecule has 0 bridgehead atoms. The van der Waals surface area contributed by atoms with Gasteiger partial charge in [0.25, 0.3) is 0 Å². The molecule has 0 aliphatic carbocycles. The molecule has 0 saturated carbocycles. The minimum Gasteiger partial charge on any atom is -0.464 e. The predicted molar refractivity (Wildman–Crippen MR) is 88.5 cm³/mol. The molecule has 1 heterocycles. The summed E-state index contributed by atoms with van der Waals surface area (Å²) < 4.78 is 4.72. The van der Waals surface area contributed by atoms with E-state index in [2.05, 4.69) is 5.10 Å². The van der Waals surface area contributed by atoms with Crippen LogP contribution >= 0.6 is 12.2 Å². The number of aliphatic hydroxyl groups is 1. The molecule has 1 aromatic carbocycles. The van der Waals surface area contributed by atoms with Crippen LogP contribution in [0.5, 0.6) is 0 Å². The van der Waals surface area contributed by atoms with Crippen molar-refractivity contribution in [3.8, 4) is 0 Å². The number of carbonyl (C=O) groups is 1. The molecule has 0 aromatic heterocycles. The van der Waals surface area contributed by atoms with Gasteiger partial charge in [-0.25, -0.2) is 9.80 Å². The molecule has 0 unspecified atom stereocenters. The van der Waals surface area contributed by atoms with E-state index in [-0.39, 0.29) is 12.1 Å². The number of benzene rings is 1. The van der Waals surface area contributed by atoms with Gasteiger partial charge in [-0.1, -0.05) is 63.3 Å². The third-order valence-electron chi connectivity index (χ3n) is 3.82. The van der Waals surface area contributed by atoms with Crippen LogP contribution in [0, 0.1) is 5.41 Å². The van der Waals surface area contributed by atoms with Crippen molar-refractivity contribution in [2.45, 2.75) is 32.9 Å². The van der Waals surface area contributed by atoms with E-state index in [0.717, 1.165) is 5.56 Å². The zero-order valence-electron chi connectivity index (χ0n) is 13.2. The number of hydrazone groups is 1. The van der Waals surface area contributed by atoms with E-state index in [0.29, 0.717) is 4.99 Å². The number of hydrogen-bond acceptors (Lipinski definition) is 5. The Labute approximate surface area is 135 Å². The Morgan fingerprint density at radius 3 is 2.45 bits per heavy atom. The molecule has 0 radical (unpaired) electrons. The highest BCUT2D eigenvalue weighted by Gasteiger charge is 2.52. The van der Waals surface area contributed by atoms with Crippen molar-refractivity contribution in [3.05, 3.63) is 35.9 Å². The van der Waals surface area contributed by atoms with Crippen molar-refractivity contribution in [2.75, 3.05) is 7.11 Å². The Morgan fingerprint density at radius 1 is 1.36 bits per heavy atom. The van der Waals surface area contributed by atoms with E-state index in [1.165, 1.54) is 12.1 Å². The first-order chi connectivity index (χ1) is 10.2. The minimum absolute atomic E-state index is 0.0656. The van der Waals surface area contributed by atoms with Gasteiger partial charge in [0.05, 0.1) is 7.11 Å². The fraction of sp³-hybridized carbons (Fsp3) is 0.438. The fourth-order valence-electron chi connectivity index (χ4n) is 2.28. The van der Waals surface area contributed by atoms with Crippen LogP contribution < -0.4 is 0 Å². The summed E-state index contributed by atoms with van der Waals surface area (Å²) in [5.41, 5.74) is -1.03. The van der Waals surface area contributed by atoms with E-state index in [1.807, 2.05) is 51.1 Å². The second-order valence-electron chi connectivity index (χ2n) is 6.26. The second-order valence-corrected chi connectivity index (χ2v) is 6.65. The largest absolute Gasteiger partial charge is 0.464 e. The summed E-state index contributed by atoms with van der Waals surface area (Å²) in [5, 5.41) is 16.8. The summed E-state index contributed by atoms with van der Waals surface area (Å²) in [5.74, 6) is -0.555. The number of esters is 1. The Bertz CT molecular complexity index is 622. The van der Waals surface area contributed by atoms with Crippen molar-refractivity contribution in [1.82, 2.24) is 5.01 Å². The van der Waals surface area contributed by atoms with Gasteiger partial charge in [0.15, 0.2) is 11.4 Å². The summed E-state index contributed by atoms with van der Waals surface area (Å²) in [6.07, 6.45) is 0.0656. The molecular formula is C16H20N2O3S. The van der Waals surface area contributed by atoms with Crippen LogP contribution in [-0.4, -0.2) is 39.6 Å². The van der Waals surface area contributed by atoms with Gasteiger partial charge in [-0.15, -0.1) is 0 Å². The van der Waals surface area contributed by atoms with E-state index in [4.69, 9.17) is 17.0 Å². The Morgan fingerprint density at radius 2 is 1.95 bits per heavy atom. The van der Waals surface area contributed by atoms with Gasteiger partial charge in [0.2, 0.25) is 0 Å². The summed E-state index contributed by atoms with van der Waals surface area (Å²) in [7, 11) is 1.29. The first-order valence-electron chi connectivity index (χ1n) is 6.98. The molecule has 1 N–H and O–H groups in total. The highest BCUT2D eigenvalue weighted by molar-refractivity contribution is 7.80. The van der Waals surface area contributed by atoms with Crippen LogP contribution in [0.25, 0.3) is 0 Å². The quantitative estimate of drug-likeness (QED) is 0.669. The lowest BCUT2D eigenvalue weighted by Crippen LogP contribution is -2.54. The van der Waals surface area contributed by atoms with E-state index in [1.54, 1.807) is 0 Å². The summed E-state index contributed by atoms with van der Waals surface area (Å²) in [4.78, 5) is 12.2. The molecule has 118 valence electrons. The number of thiocarbonyl (C=S) groups is 1. The number of hydrogen-bond donors (Lipinski definition) is 1. The number of nitrogens with zero attached hydrogens (tertiary/aromatic N) is 2. The Balaban J connectivity index is 2.45. The maximum Gasteiger partial charge on any atom is 0.354 e.